The van der Waals surface area contributed by atoms with Gasteiger partial charge in [-0.05, 0) is 18.2 Å². The number of aryl methyl sites for hydroxylation is 1. The van der Waals surface area contributed by atoms with Gasteiger partial charge in [0.05, 0.1) is 24.0 Å². The number of pyridine rings is 1. The summed E-state index contributed by atoms with van der Waals surface area (Å²) in [4.78, 5) is 34.3. The lowest BCUT2D eigenvalue weighted by atomic mass is 10.1. The molecule has 0 atom stereocenters. The first kappa shape index (κ1) is 24.0. The van der Waals surface area contributed by atoms with E-state index in [0.717, 1.165) is 6.20 Å². The number of rotatable bonds is 7. The maximum atomic E-state index is 12.9. The minimum absolute atomic E-state index is 0.00710. The average Bonchev–Trinajstić information content (AvgIpc) is 3.54. The third-order valence-corrected chi connectivity index (χ3v) is 5.78. The van der Waals surface area contributed by atoms with Crippen molar-refractivity contribution >= 4 is 11.8 Å². The first-order valence-electron chi connectivity index (χ1n) is 11.3. The van der Waals surface area contributed by atoms with Crippen LogP contribution in [0.3, 0.4) is 0 Å². The molecule has 4 aromatic rings. The minimum Gasteiger partial charge on any atom is -0.471 e. The monoisotopic (exact) mass is 509 g/mol. The molecule has 4 heterocycles. The number of carbonyl (C=O) groups excluding carboxylic acids is 2. The van der Waals surface area contributed by atoms with E-state index in [9.17, 15) is 18.4 Å². The number of benzene rings is 1. The van der Waals surface area contributed by atoms with Crippen LogP contribution in [0.4, 0.5) is 8.78 Å². The second kappa shape index (κ2) is 10.1. The molecule has 1 aliphatic rings. The van der Waals surface area contributed by atoms with Crippen LogP contribution in [0.15, 0.2) is 53.3 Å². The number of amides is 2. The zero-order chi connectivity index (χ0) is 25.9. The molecule has 37 heavy (non-hydrogen) atoms. The van der Waals surface area contributed by atoms with Crippen LogP contribution in [0.25, 0.3) is 22.8 Å². The zero-order valence-electron chi connectivity index (χ0n) is 19.6. The van der Waals surface area contributed by atoms with E-state index in [4.69, 9.17) is 9.26 Å². The fourth-order valence-electron chi connectivity index (χ4n) is 3.80. The van der Waals surface area contributed by atoms with Crippen molar-refractivity contribution in [2.45, 2.75) is 13.0 Å². The Hall–Kier alpha value is -4.68. The second-order valence-electron chi connectivity index (χ2n) is 8.23. The van der Waals surface area contributed by atoms with Gasteiger partial charge in [-0.1, -0.05) is 17.3 Å². The van der Waals surface area contributed by atoms with Gasteiger partial charge >= 0.3 is 0 Å². The van der Waals surface area contributed by atoms with Crippen molar-refractivity contribution in [3.63, 3.8) is 0 Å². The molecule has 1 N–H and O–H groups in total. The normalized spacial score (nSPS) is 13.6. The Balaban J connectivity index is 1.33. The van der Waals surface area contributed by atoms with E-state index in [-0.39, 0.29) is 48.1 Å². The van der Waals surface area contributed by atoms with Gasteiger partial charge in [0, 0.05) is 49.1 Å². The van der Waals surface area contributed by atoms with Crippen molar-refractivity contribution in [1.82, 2.24) is 35.1 Å². The number of alkyl halides is 2. The molecule has 1 fully saturated rings. The van der Waals surface area contributed by atoms with Crippen LogP contribution in [-0.2, 0) is 18.4 Å². The molecule has 0 aliphatic carbocycles. The van der Waals surface area contributed by atoms with Crippen LogP contribution in [0.2, 0.25) is 0 Å². The van der Waals surface area contributed by atoms with Gasteiger partial charge in [-0.25, -0.2) is 13.8 Å². The van der Waals surface area contributed by atoms with E-state index < -0.39 is 6.43 Å². The number of ether oxygens (including phenoxy) is 1. The quantitative estimate of drug-likeness (QED) is 0.403. The van der Waals surface area contributed by atoms with Gasteiger partial charge < -0.3 is 19.5 Å². The Kier molecular flexibility index (Phi) is 6.58. The molecule has 0 saturated carbocycles. The van der Waals surface area contributed by atoms with Crippen molar-refractivity contribution in [3.05, 3.63) is 65.6 Å². The molecule has 0 bridgehead atoms. The van der Waals surface area contributed by atoms with Crippen LogP contribution in [0.5, 0.6) is 5.88 Å². The van der Waals surface area contributed by atoms with Gasteiger partial charge in [-0.2, -0.15) is 10.1 Å². The van der Waals surface area contributed by atoms with E-state index in [1.54, 1.807) is 42.2 Å². The van der Waals surface area contributed by atoms with Crippen molar-refractivity contribution < 1.29 is 27.6 Å². The van der Waals surface area contributed by atoms with E-state index in [2.05, 4.69) is 25.5 Å². The van der Waals surface area contributed by atoms with Gasteiger partial charge in [0.25, 0.3) is 18.2 Å². The first-order valence-corrected chi connectivity index (χ1v) is 11.3. The summed E-state index contributed by atoms with van der Waals surface area (Å²) in [5, 5.41) is 11.0. The standard InChI is InChI=1S/C24H21F2N7O4/c1-32-18(13-36-20-6-5-16(10-28-20)21(25)26)17(11-29-32)23-30-22(31-37-23)14-3-2-4-15(9-14)24(35)33-8-7-27-19(34)12-33/h2-6,9-11,21H,7-8,12-13H2,1H3,(H,27,34). The topological polar surface area (TPSA) is 128 Å². The maximum absolute atomic E-state index is 12.9. The van der Waals surface area contributed by atoms with Crippen molar-refractivity contribution in [2.24, 2.45) is 7.05 Å². The smallest absolute Gasteiger partial charge is 0.265 e. The Bertz CT molecular complexity index is 1440. The summed E-state index contributed by atoms with van der Waals surface area (Å²) < 4.78 is 38.2. The van der Waals surface area contributed by atoms with E-state index in [1.807, 2.05) is 0 Å². The van der Waals surface area contributed by atoms with Crippen molar-refractivity contribution in [2.75, 3.05) is 19.6 Å². The lowest BCUT2D eigenvalue weighted by Crippen LogP contribution is -2.49. The predicted molar refractivity (Wildman–Crippen MR) is 124 cm³/mol. The molecule has 1 aromatic carbocycles. The summed E-state index contributed by atoms with van der Waals surface area (Å²) in [7, 11) is 1.71. The number of halogens is 2. The SMILES string of the molecule is Cn1ncc(-c2nc(-c3cccc(C(=O)N4CCNC(=O)C4)c3)no2)c1COc1ccc(C(F)F)cn1. The summed E-state index contributed by atoms with van der Waals surface area (Å²) in [6.07, 6.45) is -0.000110. The van der Waals surface area contributed by atoms with E-state index in [1.165, 1.54) is 17.0 Å². The van der Waals surface area contributed by atoms with Crippen LogP contribution >= 0.6 is 0 Å². The lowest BCUT2D eigenvalue weighted by Gasteiger charge is -2.26. The molecular formula is C24H21F2N7O4. The molecule has 11 nitrogen and oxygen atoms in total. The third-order valence-electron chi connectivity index (χ3n) is 5.78. The van der Waals surface area contributed by atoms with Gasteiger partial charge in [0.1, 0.15) is 6.61 Å². The zero-order valence-corrected chi connectivity index (χ0v) is 19.6. The van der Waals surface area contributed by atoms with Crippen molar-refractivity contribution in [1.29, 1.82) is 0 Å². The van der Waals surface area contributed by atoms with Crippen LogP contribution in [0, 0.1) is 0 Å². The number of carbonyl (C=O) groups is 2. The van der Waals surface area contributed by atoms with Gasteiger partial charge in [-0.15, -0.1) is 0 Å². The fraction of sp³-hybridized carbons (Fsp3) is 0.250. The van der Waals surface area contributed by atoms with E-state index in [0.29, 0.717) is 35.5 Å². The van der Waals surface area contributed by atoms with Gasteiger partial charge in [0.15, 0.2) is 0 Å². The Morgan fingerprint density at radius 1 is 1.24 bits per heavy atom. The molecule has 2 amide bonds. The summed E-state index contributed by atoms with van der Waals surface area (Å²) in [5.41, 5.74) is 1.89. The van der Waals surface area contributed by atoms with E-state index >= 15 is 0 Å². The number of nitrogens with zero attached hydrogens (tertiary/aromatic N) is 6. The number of aromatic nitrogens is 5. The highest BCUT2D eigenvalue weighted by Crippen LogP contribution is 2.27. The van der Waals surface area contributed by atoms with Crippen LogP contribution in [0.1, 0.15) is 28.0 Å². The summed E-state index contributed by atoms with van der Waals surface area (Å²) >= 11 is 0. The molecule has 0 radical (unpaired) electrons. The maximum Gasteiger partial charge on any atom is 0.265 e. The largest absolute Gasteiger partial charge is 0.471 e. The minimum atomic E-state index is -2.61. The molecular weight excluding hydrogens is 488 g/mol. The molecule has 0 unspecified atom stereocenters. The third kappa shape index (κ3) is 5.15. The Morgan fingerprint density at radius 2 is 2.11 bits per heavy atom. The summed E-state index contributed by atoms with van der Waals surface area (Å²) in [6, 6.07) is 9.38. The molecule has 1 aliphatic heterocycles. The number of piperazine rings is 1. The molecule has 1 saturated heterocycles. The second-order valence-corrected chi connectivity index (χ2v) is 8.23. The number of hydrogen-bond acceptors (Lipinski definition) is 8. The van der Waals surface area contributed by atoms with Crippen LogP contribution in [-0.4, -0.2) is 61.3 Å². The van der Waals surface area contributed by atoms with Crippen molar-refractivity contribution in [3.8, 4) is 28.7 Å². The highest BCUT2D eigenvalue weighted by atomic mass is 19.3. The molecule has 3 aromatic heterocycles. The lowest BCUT2D eigenvalue weighted by molar-refractivity contribution is -0.123. The van der Waals surface area contributed by atoms with Gasteiger partial charge in [0.2, 0.25) is 17.6 Å². The predicted octanol–water partition coefficient (Wildman–Crippen LogP) is 2.62. The van der Waals surface area contributed by atoms with Gasteiger partial charge in [-0.3, -0.25) is 14.3 Å². The highest BCUT2D eigenvalue weighted by molar-refractivity contribution is 5.97. The van der Waals surface area contributed by atoms with Crippen LogP contribution < -0.4 is 10.1 Å². The summed E-state index contributed by atoms with van der Waals surface area (Å²) in [6.45, 7) is 0.872. The average molecular weight is 509 g/mol. The highest BCUT2D eigenvalue weighted by Gasteiger charge is 2.23. The number of nitrogens with one attached hydrogen (secondary N) is 1. The number of hydrogen-bond donors (Lipinski definition) is 1. The molecule has 190 valence electrons. The molecule has 13 heteroatoms. The Labute approximate surface area is 209 Å². The molecule has 5 rings (SSSR count). The summed E-state index contributed by atoms with van der Waals surface area (Å²) in [5.74, 6) is 0.168. The fourth-order valence-corrected chi connectivity index (χ4v) is 3.80. The molecule has 0 spiro atoms. The first-order chi connectivity index (χ1) is 17.9. The Morgan fingerprint density at radius 3 is 2.86 bits per heavy atom.